The van der Waals surface area contributed by atoms with Crippen molar-refractivity contribution < 1.29 is 4.79 Å². The molecule has 0 heterocycles. The summed E-state index contributed by atoms with van der Waals surface area (Å²) < 4.78 is -1.39. The molecule has 2 amide bonds. The zero-order valence-corrected chi connectivity index (χ0v) is 7.62. The van der Waals surface area contributed by atoms with Crippen LogP contribution < -0.4 is 11.2 Å². The van der Waals surface area contributed by atoms with Gasteiger partial charge in [0.25, 0.3) is 0 Å². The number of hydrogen-bond donors (Lipinski definition) is 2. The lowest BCUT2D eigenvalue weighted by atomic mass is 10.5. The summed E-state index contributed by atoms with van der Waals surface area (Å²) in [6, 6.07) is -0.759. The second kappa shape index (κ2) is 4.64. The van der Waals surface area contributed by atoms with Crippen LogP contribution in [0, 0.1) is 0 Å². The third-order valence-corrected chi connectivity index (χ3v) is 1.05. The fourth-order valence-corrected chi connectivity index (χ4v) is 0.465. The smallest absolute Gasteiger partial charge is 0.332 e. The van der Waals surface area contributed by atoms with Crippen LogP contribution in [0.15, 0.2) is 5.10 Å². The van der Waals surface area contributed by atoms with E-state index in [0.717, 1.165) is 0 Å². The number of urea groups is 1. The lowest BCUT2D eigenvalue weighted by Gasteiger charge is -2.04. The highest BCUT2D eigenvalue weighted by Crippen LogP contribution is 2.28. The van der Waals surface area contributed by atoms with Crippen molar-refractivity contribution in [1.82, 2.24) is 5.43 Å². The molecule has 11 heavy (non-hydrogen) atoms. The monoisotopic (exact) mass is 217 g/mol. The van der Waals surface area contributed by atoms with E-state index >= 15 is 0 Å². The van der Waals surface area contributed by atoms with Gasteiger partial charge in [-0.1, -0.05) is 34.8 Å². The summed E-state index contributed by atoms with van der Waals surface area (Å²) in [5.41, 5.74) is 6.63. The second-order valence-corrected chi connectivity index (χ2v) is 4.12. The van der Waals surface area contributed by atoms with Gasteiger partial charge in [0, 0.05) is 12.6 Å². The first-order chi connectivity index (χ1) is 4.92. The number of alkyl halides is 3. The van der Waals surface area contributed by atoms with Crippen molar-refractivity contribution in [3.8, 4) is 0 Å². The molecule has 0 aliphatic heterocycles. The minimum absolute atomic E-state index is 0.109. The number of amides is 2. The molecular weight excluding hydrogens is 212 g/mol. The van der Waals surface area contributed by atoms with Crippen molar-refractivity contribution in [3.63, 3.8) is 0 Å². The standard InChI is InChI=1S/C4H6Cl3N3O/c5-4(6,7)1-2-9-10-3(8)11/h2H,1H2,(H3,8,10,11)/b9-2+. The number of rotatable bonds is 2. The average Bonchev–Trinajstić information content (AvgIpc) is 1.78. The van der Waals surface area contributed by atoms with Gasteiger partial charge < -0.3 is 5.73 Å². The van der Waals surface area contributed by atoms with Crippen molar-refractivity contribution in [2.45, 2.75) is 10.2 Å². The Morgan fingerprint density at radius 2 is 2.18 bits per heavy atom. The van der Waals surface area contributed by atoms with Crippen LogP contribution in [0.2, 0.25) is 0 Å². The highest BCUT2D eigenvalue weighted by Gasteiger charge is 2.16. The predicted molar refractivity (Wildman–Crippen MR) is 46.1 cm³/mol. The zero-order chi connectivity index (χ0) is 8.91. The van der Waals surface area contributed by atoms with Crippen LogP contribution in [0.4, 0.5) is 4.79 Å². The van der Waals surface area contributed by atoms with E-state index in [1.54, 1.807) is 0 Å². The molecule has 0 fully saturated rings. The Hall–Kier alpha value is -0.190. The topological polar surface area (TPSA) is 67.5 Å². The van der Waals surface area contributed by atoms with E-state index in [0.29, 0.717) is 0 Å². The summed E-state index contributed by atoms with van der Waals surface area (Å²) >= 11 is 16.0. The van der Waals surface area contributed by atoms with Gasteiger partial charge in [-0.05, 0) is 0 Å². The number of primary amides is 1. The van der Waals surface area contributed by atoms with Crippen molar-refractivity contribution >= 4 is 47.0 Å². The van der Waals surface area contributed by atoms with Gasteiger partial charge >= 0.3 is 6.03 Å². The van der Waals surface area contributed by atoms with Gasteiger partial charge in [0.2, 0.25) is 0 Å². The van der Waals surface area contributed by atoms with Crippen LogP contribution in [-0.2, 0) is 0 Å². The molecule has 0 saturated heterocycles. The van der Waals surface area contributed by atoms with Gasteiger partial charge in [0.15, 0.2) is 3.79 Å². The average molecular weight is 218 g/mol. The Bertz CT molecular complexity index is 164. The first-order valence-electron chi connectivity index (χ1n) is 2.55. The van der Waals surface area contributed by atoms with Crippen molar-refractivity contribution in [1.29, 1.82) is 0 Å². The molecule has 3 N–H and O–H groups in total. The molecule has 0 rings (SSSR count). The molecule has 0 aliphatic carbocycles. The number of hydrazone groups is 1. The van der Waals surface area contributed by atoms with Crippen molar-refractivity contribution in [2.75, 3.05) is 0 Å². The number of halogens is 3. The fraction of sp³-hybridized carbons (Fsp3) is 0.500. The zero-order valence-electron chi connectivity index (χ0n) is 5.35. The number of hydrogen-bond acceptors (Lipinski definition) is 2. The lowest BCUT2D eigenvalue weighted by molar-refractivity contribution is 0.249. The molecule has 0 bridgehead atoms. The molecule has 0 aromatic heterocycles. The molecule has 0 radical (unpaired) electrons. The van der Waals surface area contributed by atoms with Crippen LogP contribution in [-0.4, -0.2) is 16.0 Å². The lowest BCUT2D eigenvalue weighted by Crippen LogP contribution is -2.24. The summed E-state index contributed by atoms with van der Waals surface area (Å²) in [4.78, 5) is 10.0. The van der Waals surface area contributed by atoms with Crippen LogP contribution in [0.1, 0.15) is 6.42 Å². The highest BCUT2D eigenvalue weighted by atomic mass is 35.6. The Morgan fingerprint density at radius 1 is 1.64 bits per heavy atom. The van der Waals surface area contributed by atoms with Crippen LogP contribution in [0.3, 0.4) is 0 Å². The first-order valence-corrected chi connectivity index (χ1v) is 3.69. The van der Waals surface area contributed by atoms with E-state index in [4.69, 9.17) is 34.8 Å². The minimum Gasteiger partial charge on any atom is -0.350 e. The first kappa shape index (κ1) is 10.8. The van der Waals surface area contributed by atoms with E-state index in [2.05, 4.69) is 10.8 Å². The Balaban J connectivity index is 3.53. The fourth-order valence-electron chi connectivity index (χ4n) is 0.258. The molecule has 0 spiro atoms. The molecule has 0 aromatic rings. The Morgan fingerprint density at radius 3 is 2.55 bits per heavy atom. The molecule has 0 aliphatic rings. The number of nitrogens with one attached hydrogen (secondary N) is 1. The largest absolute Gasteiger partial charge is 0.350 e. The summed E-state index contributed by atoms with van der Waals surface area (Å²) in [5.74, 6) is 0. The van der Waals surface area contributed by atoms with E-state index in [1.165, 1.54) is 6.21 Å². The van der Waals surface area contributed by atoms with Crippen LogP contribution in [0.25, 0.3) is 0 Å². The molecule has 7 heteroatoms. The summed E-state index contributed by atoms with van der Waals surface area (Å²) in [6.07, 6.45) is 1.36. The van der Waals surface area contributed by atoms with Gasteiger partial charge in [-0.15, -0.1) is 0 Å². The number of carbonyl (C=O) groups excluding carboxylic acids is 1. The van der Waals surface area contributed by atoms with E-state index in [1.807, 2.05) is 5.43 Å². The molecule has 64 valence electrons. The minimum atomic E-state index is -1.39. The SMILES string of the molecule is NC(=O)N/N=C/CC(Cl)(Cl)Cl. The van der Waals surface area contributed by atoms with Crippen LogP contribution >= 0.6 is 34.8 Å². The van der Waals surface area contributed by atoms with E-state index < -0.39 is 9.82 Å². The number of carbonyl (C=O) groups is 1. The van der Waals surface area contributed by atoms with E-state index in [9.17, 15) is 4.79 Å². The third kappa shape index (κ3) is 9.81. The summed E-state index contributed by atoms with van der Waals surface area (Å²) in [7, 11) is 0. The maximum atomic E-state index is 10.0. The second-order valence-electron chi connectivity index (χ2n) is 1.61. The molecule has 4 nitrogen and oxygen atoms in total. The van der Waals surface area contributed by atoms with Crippen molar-refractivity contribution in [2.24, 2.45) is 10.8 Å². The van der Waals surface area contributed by atoms with Gasteiger partial charge in [0.05, 0.1) is 0 Å². The van der Waals surface area contributed by atoms with Crippen molar-refractivity contribution in [3.05, 3.63) is 0 Å². The van der Waals surface area contributed by atoms with Gasteiger partial charge in [-0.25, -0.2) is 10.2 Å². The van der Waals surface area contributed by atoms with Gasteiger partial charge in [0.1, 0.15) is 0 Å². The highest BCUT2D eigenvalue weighted by molar-refractivity contribution is 6.68. The molecular formula is C4H6Cl3N3O. The quantitative estimate of drug-likeness (QED) is 0.411. The molecule has 0 aromatic carbocycles. The number of nitrogens with two attached hydrogens (primary N) is 1. The third-order valence-electron chi connectivity index (χ3n) is 0.589. The Kier molecular flexibility index (Phi) is 4.56. The maximum Gasteiger partial charge on any atom is 0.332 e. The van der Waals surface area contributed by atoms with Crippen LogP contribution in [0.5, 0.6) is 0 Å². The molecule has 0 saturated carbocycles. The molecule has 0 unspecified atom stereocenters. The normalized spacial score (nSPS) is 11.9. The predicted octanol–water partition coefficient (Wildman–Crippen LogP) is 1.40. The molecule has 0 atom stereocenters. The Labute approximate surface area is 78.7 Å². The van der Waals surface area contributed by atoms with Gasteiger partial charge in [-0.3, -0.25) is 0 Å². The maximum absolute atomic E-state index is 10.0. The van der Waals surface area contributed by atoms with E-state index in [-0.39, 0.29) is 6.42 Å². The van der Waals surface area contributed by atoms with Gasteiger partial charge in [-0.2, -0.15) is 5.10 Å². The summed E-state index contributed by atoms with van der Waals surface area (Å²) in [5, 5.41) is 3.35. The number of nitrogens with zero attached hydrogens (tertiary/aromatic N) is 1. The summed E-state index contributed by atoms with van der Waals surface area (Å²) in [6.45, 7) is 0.